The normalized spacial score (nSPS) is 19.5. The Balaban J connectivity index is 1.98. The number of carbonyl (C=O) groups excluding carboxylic acids is 1. The van der Waals surface area contributed by atoms with Gasteiger partial charge in [0.05, 0.1) is 5.56 Å². The SMILES string of the molecule is Cc1[nH]c(C)c(S(=O)(=O)NC2CC2)c1C(=O)N1CCCCC1. The monoisotopic (exact) mass is 325 g/mol. The minimum absolute atomic E-state index is 0.0255. The maximum absolute atomic E-state index is 12.8. The summed E-state index contributed by atoms with van der Waals surface area (Å²) in [6.45, 7) is 4.89. The Morgan fingerprint density at radius 3 is 2.36 bits per heavy atom. The van der Waals surface area contributed by atoms with Gasteiger partial charge in [-0.1, -0.05) is 0 Å². The molecule has 22 heavy (non-hydrogen) atoms. The third kappa shape index (κ3) is 2.92. The van der Waals surface area contributed by atoms with Crippen LogP contribution in [0, 0.1) is 13.8 Å². The van der Waals surface area contributed by atoms with E-state index in [0.29, 0.717) is 30.0 Å². The highest BCUT2D eigenvalue weighted by molar-refractivity contribution is 7.89. The summed E-state index contributed by atoms with van der Waals surface area (Å²) in [4.78, 5) is 17.8. The fourth-order valence-electron chi connectivity index (χ4n) is 3.09. The van der Waals surface area contributed by atoms with Crippen LogP contribution in [0.3, 0.4) is 0 Å². The van der Waals surface area contributed by atoms with Gasteiger partial charge in [0.1, 0.15) is 4.90 Å². The molecule has 2 fully saturated rings. The van der Waals surface area contributed by atoms with Gasteiger partial charge >= 0.3 is 0 Å². The van der Waals surface area contributed by atoms with Crippen molar-refractivity contribution in [2.45, 2.75) is 56.9 Å². The number of hydrogen-bond donors (Lipinski definition) is 2. The number of H-pyrrole nitrogens is 1. The third-order valence-corrected chi connectivity index (χ3v) is 6.03. The molecule has 1 aliphatic heterocycles. The van der Waals surface area contributed by atoms with Gasteiger partial charge in [0, 0.05) is 30.5 Å². The van der Waals surface area contributed by atoms with Crippen LogP contribution in [0.2, 0.25) is 0 Å². The molecule has 1 saturated carbocycles. The van der Waals surface area contributed by atoms with Crippen LogP contribution in [-0.2, 0) is 10.0 Å². The summed E-state index contributed by atoms with van der Waals surface area (Å²) in [6.07, 6.45) is 4.84. The molecule has 2 N–H and O–H groups in total. The second kappa shape index (κ2) is 5.70. The molecule has 1 amide bonds. The molecule has 2 aliphatic rings. The van der Waals surface area contributed by atoms with E-state index in [-0.39, 0.29) is 16.8 Å². The summed E-state index contributed by atoms with van der Waals surface area (Å²) >= 11 is 0. The zero-order valence-electron chi connectivity index (χ0n) is 13.1. The van der Waals surface area contributed by atoms with Crippen LogP contribution in [0.5, 0.6) is 0 Å². The molecule has 3 rings (SSSR count). The number of nitrogens with zero attached hydrogens (tertiary/aromatic N) is 1. The Kier molecular flexibility index (Phi) is 4.03. The van der Waals surface area contributed by atoms with E-state index in [9.17, 15) is 13.2 Å². The minimum atomic E-state index is -3.65. The molecule has 0 atom stereocenters. The molecule has 0 radical (unpaired) electrons. The van der Waals surface area contributed by atoms with E-state index >= 15 is 0 Å². The summed E-state index contributed by atoms with van der Waals surface area (Å²) in [7, 11) is -3.65. The van der Waals surface area contributed by atoms with Gasteiger partial charge in [-0.3, -0.25) is 4.79 Å². The van der Waals surface area contributed by atoms with Crippen LogP contribution in [0.25, 0.3) is 0 Å². The number of carbonyl (C=O) groups is 1. The lowest BCUT2D eigenvalue weighted by atomic mass is 10.1. The molecule has 122 valence electrons. The summed E-state index contributed by atoms with van der Waals surface area (Å²) < 4.78 is 27.9. The van der Waals surface area contributed by atoms with E-state index in [0.717, 1.165) is 32.1 Å². The second-order valence-corrected chi connectivity index (χ2v) is 7.98. The van der Waals surface area contributed by atoms with Crippen molar-refractivity contribution in [3.8, 4) is 0 Å². The van der Waals surface area contributed by atoms with E-state index in [2.05, 4.69) is 9.71 Å². The van der Waals surface area contributed by atoms with Crippen LogP contribution in [0.4, 0.5) is 0 Å². The van der Waals surface area contributed by atoms with Crippen molar-refractivity contribution in [1.82, 2.24) is 14.6 Å². The van der Waals surface area contributed by atoms with Gasteiger partial charge in [-0.2, -0.15) is 0 Å². The first kappa shape index (κ1) is 15.6. The van der Waals surface area contributed by atoms with E-state index < -0.39 is 10.0 Å². The molecule has 1 saturated heterocycles. The fraction of sp³-hybridized carbons (Fsp3) is 0.667. The van der Waals surface area contributed by atoms with E-state index in [1.165, 1.54) is 0 Å². The lowest BCUT2D eigenvalue weighted by Crippen LogP contribution is -2.37. The molecule has 0 bridgehead atoms. The predicted molar refractivity (Wildman–Crippen MR) is 83.4 cm³/mol. The number of aromatic amines is 1. The average molecular weight is 325 g/mol. The number of aromatic nitrogens is 1. The molecule has 1 aliphatic carbocycles. The quantitative estimate of drug-likeness (QED) is 0.884. The van der Waals surface area contributed by atoms with Gasteiger partial charge in [0.2, 0.25) is 10.0 Å². The van der Waals surface area contributed by atoms with Crippen LogP contribution < -0.4 is 4.72 Å². The zero-order valence-corrected chi connectivity index (χ0v) is 13.9. The van der Waals surface area contributed by atoms with Crippen LogP contribution in [-0.4, -0.2) is 43.3 Å². The van der Waals surface area contributed by atoms with Crippen molar-refractivity contribution in [2.75, 3.05) is 13.1 Å². The first-order valence-electron chi connectivity index (χ1n) is 7.91. The van der Waals surface area contributed by atoms with Gasteiger partial charge < -0.3 is 9.88 Å². The maximum Gasteiger partial charge on any atom is 0.257 e. The van der Waals surface area contributed by atoms with Gasteiger partial charge in [-0.05, 0) is 46.0 Å². The summed E-state index contributed by atoms with van der Waals surface area (Å²) in [6, 6.07) is 0.0255. The van der Waals surface area contributed by atoms with E-state index in [4.69, 9.17) is 0 Å². The molecule has 0 unspecified atom stereocenters. The number of rotatable bonds is 4. The van der Waals surface area contributed by atoms with Gasteiger partial charge in [0.25, 0.3) is 5.91 Å². The van der Waals surface area contributed by atoms with Crippen LogP contribution in [0.15, 0.2) is 4.90 Å². The minimum Gasteiger partial charge on any atom is -0.361 e. The average Bonchev–Trinajstić information content (AvgIpc) is 3.21. The van der Waals surface area contributed by atoms with Gasteiger partial charge in [-0.15, -0.1) is 0 Å². The lowest BCUT2D eigenvalue weighted by Gasteiger charge is -2.27. The first-order chi connectivity index (χ1) is 10.4. The molecule has 7 heteroatoms. The molecule has 0 spiro atoms. The highest BCUT2D eigenvalue weighted by atomic mass is 32.2. The number of amides is 1. The summed E-state index contributed by atoms with van der Waals surface area (Å²) in [5.74, 6) is -0.169. The Labute approximate surface area is 131 Å². The smallest absolute Gasteiger partial charge is 0.257 e. The van der Waals surface area contributed by atoms with Crippen molar-refractivity contribution in [3.63, 3.8) is 0 Å². The summed E-state index contributed by atoms with van der Waals surface area (Å²) in [5, 5.41) is 0. The predicted octanol–water partition coefficient (Wildman–Crippen LogP) is 1.70. The molecular weight excluding hydrogens is 302 g/mol. The summed E-state index contributed by atoms with van der Waals surface area (Å²) in [5.41, 5.74) is 1.47. The Hall–Kier alpha value is -1.34. The number of nitrogens with one attached hydrogen (secondary N) is 2. The number of likely N-dealkylation sites (tertiary alicyclic amines) is 1. The first-order valence-corrected chi connectivity index (χ1v) is 9.39. The fourth-order valence-corrected chi connectivity index (χ4v) is 4.84. The zero-order chi connectivity index (χ0) is 15.9. The molecule has 2 heterocycles. The number of piperidine rings is 1. The number of hydrogen-bond acceptors (Lipinski definition) is 3. The topological polar surface area (TPSA) is 82.3 Å². The van der Waals surface area contributed by atoms with Crippen LogP contribution >= 0.6 is 0 Å². The van der Waals surface area contributed by atoms with Crippen LogP contribution in [0.1, 0.15) is 53.8 Å². The van der Waals surface area contributed by atoms with E-state index in [1.807, 2.05) is 0 Å². The molecule has 1 aromatic rings. The number of sulfonamides is 1. The van der Waals surface area contributed by atoms with Gasteiger partial charge in [0.15, 0.2) is 0 Å². The Bertz CT molecular complexity index is 683. The highest BCUT2D eigenvalue weighted by Crippen LogP contribution is 2.29. The Morgan fingerprint density at radius 1 is 1.14 bits per heavy atom. The van der Waals surface area contributed by atoms with Gasteiger partial charge in [-0.25, -0.2) is 13.1 Å². The standard InChI is InChI=1S/C15H23N3O3S/c1-10-13(15(19)18-8-4-3-5-9-18)14(11(2)16-10)22(20,21)17-12-6-7-12/h12,16-17H,3-9H2,1-2H3. The van der Waals surface area contributed by atoms with Crippen molar-refractivity contribution < 1.29 is 13.2 Å². The Morgan fingerprint density at radius 2 is 1.77 bits per heavy atom. The largest absolute Gasteiger partial charge is 0.361 e. The maximum atomic E-state index is 12.8. The molecule has 0 aromatic carbocycles. The van der Waals surface area contributed by atoms with Crippen molar-refractivity contribution >= 4 is 15.9 Å². The van der Waals surface area contributed by atoms with Crippen molar-refractivity contribution in [3.05, 3.63) is 17.0 Å². The molecule has 6 nitrogen and oxygen atoms in total. The lowest BCUT2D eigenvalue weighted by molar-refractivity contribution is 0.0720. The highest BCUT2D eigenvalue weighted by Gasteiger charge is 2.35. The number of aryl methyl sites for hydroxylation is 2. The van der Waals surface area contributed by atoms with Crippen molar-refractivity contribution in [1.29, 1.82) is 0 Å². The molecular formula is C15H23N3O3S. The molecule has 1 aromatic heterocycles. The van der Waals surface area contributed by atoms with E-state index in [1.54, 1.807) is 18.7 Å². The third-order valence-electron chi connectivity index (χ3n) is 4.34. The van der Waals surface area contributed by atoms with Crippen molar-refractivity contribution in [2.24, 2.45) is 0 Å². The second-order valence-electron chi connectivity index (χ2n) is 6.33.